The fourth-order valence-corrected chi connectivity index (χ4v) is 2.89. The summed E-state index contributed by atoms with van der Waals surface area (Å²) in [5.74, 6) is -0.952. The third kappa shape index (κ3) is 3.90. The fourth-order valence-electron chi connectivity index (χ4n) is 2.58. The first-order chi connectivity index (χ1) is 10.4. The highest BCUT2D eigenvalue weighted by molar-refractivity contribution is 6.31. The number of aliphatic hydroxyl groups is 1. The summed E-state index contributed by atoms with van der Waals surface area (Å²) < 4.78 is 0. The van der Waals surface area contributed by atoms with E-state index in [1.165, 1.54) is 0 Å². The molecule has 0 radical (unpaired) electrons. The monoisotopic (exact) mass is 326 g/mol. The minimum atomic E-state index is -1.03. The van der Waals surface area contributed by atoms with Gasteiger partial charge in [0.25, 0.3) is 0 Å². The Morgan fingerprint density at radius 3 is 2.50 bits per heavy atom. The van der Waals surface area contributed by atoms with Crippen molar-refractivity contribution in [2.45, 2.75) is 24.9 Å². The lowest BCUT2D eigenvalue weighted by molar-refractivity contribution is -0.136. The van der Waals surface area contributed by atoms with Crippen LogP contribution in [0.1, 0.15) is 24.8 Å². The molecule has 1 aliphatic heterocycles. The predicted octanol–water partition coefficient (Wildman–Crippen LogP) is 1.81. The second-order valence-corrected chi connectivity index (χ2v) is 5.78. The van der Waals surface area contributed by atoms with E-state index in [2.05, 4.69) is 5.32 Å². The molecule has 1 aromatic rings. The van der Waals surface area contributed by atoms with Crippen LogP contribution in [0.4, 0.5) is 4.79 Å². The molecule has 0 aliphatic carbocycles. The number of hydrogen-bond acceptors (Lipinski definition) is 3. The number of carbonyl (C=O) groups excluding carboxylic acids is 1. The SMILES string of the molecule is O=C(O)CCNC(=O)N1CCC(O)(c2ccccc2Cl)CC1. The van der Waals surface area contributed by atoms with Gasteiger partial charge in [0.1, 0.15) is 0 Å². The molecule has 1 saturated heterocycles. The number of carboxylic acids is 1. The van der Waals surface area contributed by atoms with Crippen LogP contribution in [0.25, 0.3) is 0 Å². The Balaban J connectivity index is 1.91. The normalized spacial score (nSPS) is 17.1. The number of amides is 2. The highest BCUT2D eigenvalue weighted by Crippen LogP contribution is 2.36. The number of halogens is 1. The van der Waals surface area contributed by atoms with Crippen molar-refractivity contribution >= 4 is 23.6 Å². The molecule has 120 valence electrons. The van der Waals surface area contributed by atoms with Crippen LogP contribution in [-0.4, -0.2) is 46.7 Å². The molecule has 2 amide bonds. The summed E-state index contributed by atoms with van der Waals surface area (Å²) in [6.45, 7) is 0.876. The van der Waals surface area contributed by atoms with Crippen LogP contribution in [0.5, 0.6) is 0 Å². The van der Waals surface area contributed by atoms with Crippen LogP contribution >= 0.6 is 11.6 Å². The highest BCUT2D eigenvalue weighted by Gasteiger charge is 2.36. The van der Waals surface area contributed by atoms with Crippen LogP contribution in [0.3, 0.4) is 0 Å². The summed E-state index contributed by atoms with van der Waals surface area (Å²) in [7, 11) is 0. The van der Waals surface area contributed by atoms with Crippen LogP contribution < -0.4 is 5.32 Å². The summed E-state index contributed by atoms with van der Waals surface area (Å²) in [6, 6.07) is 6.86. The molecule has 0 spiro atoms. The Hall–Kier alpha value is -1.79. The molecule has 0 atom stereocenters. The maximum absolute atomic E-state index is 11.9. The van der Waals surface area contributed by atoms with Crippen molar-refractivity contribution < 1.29 is 19.8 Å². The van der Waals surface area contributed by atoms with E-state index < -0.39 is 11.6 Å². The van der Waals surface area contributed by atoms with Crippen molar-refractivity contribution in [1.82, 2.24) is 10.2 Å². The first-order valence-corrected chi connectivity index (χ1v) is 7.52. The van der Waals surface area contributed by atoms with E-state index in [1.807, 2.05) is 6.07 Å². The van der Waals surface area contributed by atoms with Crippen LogP contribution in [0.2, 0.25) is 5.02 Å². The van der Waals surface area contributed by atoms with E-state index in [-0.39, 0.29) is 19.0 Å². The summed E-state index contributed by atoms with van der Waals surface area (Å²) in [6.07, 6.45) is 0.676. The minimum absolute atomic E-state index is 0.0967. The summed E-state index contributed by atoms with van der Waals surface area (Å²) in [5.41, 5.74) is -0.349. The average Bonchev–Trinajstić information content (AvgIpc) is 2.47. The molecule has 1 heterocycles. The molecule has 1 aromatic carbocycles. The van der Waals surface area contributed by atoms with Gasteiger partial charge in [0.2, 0.25) is 0 Å². The third-order valence-corrected chi connectivity index (χ3v) is 4.20. The van der Waals surface area contributed by atoms with E-state index in [9.17, 15) is 14.7 Å². The van der Waals surface area contributed by atoms with Crippen molar-refractivity contribution in [2.24, 2.45) is 0 Å². The molecular weight excluding hydrogens is 308 g/mol. The summed E-state index contributed by atoms with van der Waals surface area (Å²) in [4.78, 5) is 23.9. The molecule has 0 bridgehead atoms. The van der Waals surface area contributed by atoms with Gasteiger partial charge in [-0.15, -0.1) is 0 Å². The number of rotatable bonds is 4. The lowest BCUT2D eigenvalue weighted by Crippen LogP contribution is -2.49. The molecule has 0 aromatic heterocycles. The van der Waals surface area contributed by atoms with E-state index in [0.29, 0.717) is 36.5 Å². The zero-order valence-corrected chi connectivity index (χ0v) is 12.8. The second-order valence-electron chi connectivity index (χ2n) is 5.37. The van der Waals surface area contributed by atoms with Gasteiger partial charge < -0.3 is 20.4 Å². The quantitative estimate of drug-likeness (QED) is 0.787. The first kappa shape index (κ1) is 16.6. The van der Waals surface area contributed by atoms with Gasteiger partial charge in [-0.1, -0.05) is 29.8 Å². The Morgan fingerprint density at radius 2 is 1.91 bits per heavy atom. The molecule has 3 N–H and O–H groups in total. The van der Waals surface area contributed by atoms with E-state index >= 15 is 0 Å². The number of nitrogens with one attached hydrogen (secondary N) is 1. The molecule has 0 saturated carbocycles. The number of aliphatic carboxylic acids is 1. The van der Waals surface area contributed by atoms with Crippen LogP contribution in [0.15, 0.2) is 24.3 Å². The second kappa shape index (κ2) is 6.98. The van der Waals surface area contributed by atoms with Crippen molar-refractivity contribution in [3.05, 3.63) is 34.9 Å². The van der Waals surface area contributed by atoms with Gasteiger partial charge in [-0.2, -0.15) is 0 Å². The van der Waals surface area contributed by atoms with Gasteiger partial charge in [-0.25, -0.2) is 4.79 Å². The Bertz CT molecular complexity index is 556. The van der Waals surface area contributed by atoms with Gasteiger partial charge >= 0.3 is 12.0 Å². The minimum Gasteiger partial charge on any atom is -0.481 e. The maximum Gasteiger partial charge on any atom is 0.317 e. The van der Waals surface area contributed by atoms with Crippen molar-refractivity contribution in [3.63, 3.8) is 0 Å². The first-order valence-electron chi connectivity index (χ1n) is 7.14. The number of carbonyl (C=O) groups is 2. The molecule has 2 rings (SSSR count). The third-order valence-electron chi connectivity index (χ3n) is 3.87. The van der Waals surface area contributed by atoms with Gasteiger partial charge in [0, 0.05) is 30.2 Å². The fraction of sp³-hybridized carbons (Fsp3) is 0.467. The summed E-state index contributed by atoms with van der Waals surface area (Å²) in [5, 5.41) is 22.4. The molecule has 1 aliphatic rings. The van der Waals surface area contributed by atoms with E-state index in [4.69, 9.17) is 16.7 Å². The topological polar surface area (TPSA) is 89.9 Å². The molecule has 7 heteroatoms. The zero-order chi connectivity index (χ0) is 16.2. The lowest BCUT2D eigenvalue weighted by atomic mass is 9.84. The number of piperidine rings is 1. The standard InChI is InChI=1S/C15H19ClN2O4/c16-12-4-2-1-3-11(12)15(22)6-9-18(10-7-15)14(21)17-8-5-13(19)20/h1-4,22H,5-10H2,(H,17,21)(H,19,20). The largest absolute Gasteiger partial charge is 0.481 e. The molecule has 22 heavy (non-hydrogen) atoms. The summed E-state index contributed by atoms with van der Waals surface area (Å²) >= 11 is 6.14. The Labute approximate surface area is 133 Å². The highest BCUT2D eigenvalue weighted by atomic mass is 35.5. The molecule has 1 fully saturated rings. The number of hydrogen-bond donors (Lipinski definition) is 3. The number of carboxylic acid groups (broad SMARTS) is 1. The van der Waals surface area contributed by atoms with Crippen LogP contribution in [-0.2, 0) is 10.4 Å². The van der Waals surface area contributed by atoms with Gasteiger partial charge in [0.15, 0.2) is 0 Å². The smallest absolute Gasteiger partial charge is 0.317 e. The number of benzene rings is 1. The lowest BCUT2D eigenvalue weighted by Gasteiger charge is -2.38. The van der Waals surface area contributed by atoms with Gasteiger partial charge in [-0.3, -0.25) is 4.79 Å². The number of nitrogens with zero attached hydrogens (tertiary/aromatic N) is 1. The zero-order valence-electron chi connectivity index (χ0n) is 12.1. The van der Waals surface area contributed by atoms with Crippen molar-refractivity contribution in [3.8, 4) is 0 Å². The van der Waals surface area contributed by atoms with Gasteiger partial charge in [-0.05, 0) is 18.9 Å². The number of likely N-dealkylation sites (tertiary alicyclic amines) is 1. The predicted molar refractivity (Wildman–Crippen MR) is 81.8 cm³/mol. The average molecular weight is 327 g/mol. The van der Waals surface area contributed by atoms with Crippen molar-refractivity contribution in [2.75, 3.05) is 19.6 Å². The number of urea groups is 1. The van der Waals surface area contributed by atoms with Gasteiger partial charge in [0.05, 0.1) is 12.0 Å². The van der Waals surface area contributed by atoms with E-state index in [0.717, 1.165) is 0 Å². The molecule has 0 unspecified atom stereocenters. The maximum atomic E-state index is 11.9. The Kier molecular flexibility index (Phi) is 5.26. The molecular formula is C15H19ClN2O4. The Morgan fingerprint density at radius 1 is 1.27 bits per heavy atom. The van der Waals surface area contributed by atoms with E-state index in [1.54, 1.807) is 23.1 Å². The van der Waals surface area contributed by atoms with Crippen molar-refractivity contribution in [1.29, 1.82) is 0 Å². The molecule has 6 nitrogen and oxygen atoms in total. The van der Waals surface area contributed by atoms with Crippen LogP contribution in [0, 0.1) is 0 Å².